The standard InChI is InChI=1S/C16H19NO4/c1-4-20-15(19)16(2,3)14(18)11-21-13-7-5-12(6-8-13)9-10-17/h5-8H,4,9,11H2,1-3H3. The lowest BCUT2D eigenvalue weighted by atomic mass is 9.88. The molecular formula is C16H19NO4. The van der Waals surface area contributed by atoms with Gasteiger partial charge in [-0.2, -0.15) is 5.26 Å². The Bertz CT molecular complexity index is 540. The van der Waals surface area contributed by atoms with Gasteiger partial charge in [-0.15, -0.1) is 0 Å². The number of nitrogens with zero attached hydrogens (tertiary/aromatic N) is 1. The van der Waals surface area contributed by atoms with Crippen LogP contribution in [0, 0.1) is 16.7 Å². The van der Waals surface area contributed by atoms with Gasteiger partial charge in [0.2, 0.25) is 0 Å². The van der Waals surface area contributed by atoms with Crippen LogP contribution in [0.4, 0.5) is 0 Å². The molecule has 0 unspecified atom stereocenters. The van der Waals surface area contributed by atoms with E-state index in [4.69, 9.17) is 14.7 Å². The molecule has 0 N–H and O–H groups in total. The number of Topliss-reactive ketones (excluding diaryl/α,β-unsaturated/α-hetero) is 1. The Morgan fingerprint density at radius 1 is 1.24 bits per heavy atom. The number of ketones is 1. The van der Waals surface area contributed by atoms with E-state index in [1.54, 1.807) is 31.2 Å². The second kappa shape index (κ2) is 7.44. The van der Waals surface area contributed by atoms with Gasteiger partial charge >= 0.3 is 5.97 Å². The van der Waals surface area contributed by atoms with Gasteiger partial charge in [0.1, 0.15) is 17.8 Å². The molecule has 0 aliphatic heterocycles. The molecule has 0 fully saturated rings. The number of rotatable bonds is 7. The summed E-state index contributed by atoms with van der Waals surface area (Å²) < 4.78 is 10.3. The van der Waals surface area contributed by atoms with E-state index in [0.717, 1.165) is 5.56 Å². The minimum absolute atomic E-state index is 0.205. The second-order valence-electron chi connectivity index (χ2n) is 5.04. The van der Waals surface area contributed by atoms with Crippen LogP contribution in [0.5, 0.6) is 5.75 Å². The van der Waals surface area contributed by atoms with Crippen molar-refractivity contribution in [2.24, 2.45) is 5.41 Å². The van der Waals surface area contributed by atoms with E-state index in [1.807, 2.05) is 0 Å². The molecule has 0 spiro atoms. The first-order valence-electron chi connectivity index (χ1n) is 6.71. The van der Waals surface area contributed by atoms with Crippen LogP contribution in [0.25, 0.3) is 0 Å². The van der Waals surface area contributed by atoms with Crippen molar-refractivity contribution in [3.8, 4) is 11.8 Å². The Morgan fingerprint density at radius 3 is 2.38 bits per heavy atom. The number of esters is 1. The van der Waals surface area contributed by atoms with E-state index >= 15 is 0 Å². The average molecular weight is 289 g/mol. The fraction of sp³-hybridized carbons (Fsp3) is 0.438. The summed E-state index contributed by atoms with van der Waals surface area (Å²) in [6.45, 7) is 4.76. The minimum atomic E-state index is -1.23. The predicted octanol–water partition coefficient (Wildman–Crippen LogP) is 2.29. The van der Waals surface area contributed by atoms with E-state index in [-0.39, 0.29) is 19.0 Å². The SMILES string of the molecule is CCOC(=O)C(C)(C)C(=O)COc1ccc(CC#N)cc1. The summed E-state index contributed by atoms with van der Waals surface area (Å²) in [6, 6.07) is 8.96. The number of nitriles is 1. The Hall–Kier alpha value is -2.35. The minimum Gasteiger partial charge on any atom is -0.486 e. The van der Waals surface area contributed by atoms with Crippen molar-refractivity contribution in [3.63, 3.8) is 0 Å². The summed E-state index contributed by atoms with van der Waals surface area (Å²) in [5.74, 6) is -0.380. The van der Waals surface area contributed by atoms with Crippen molar-refractivity contribution in [1.29, 1.82) is 5.26 Å². The molecule has 5 heteroatoms. The summed E-state index contributed by atoms with van der Waals surface area (Å²) in [5.41, 5.74) is -0.348. The number of carbonyl (C=O) groups excluding carboxylic acids is 2. The smallest absolute Gasteiger partial charge is 0.319 e. The molecule has 0 aliphatic carbocycles. The lowest BCUT2D eigenvalue weighted by Gasteiger charge is -2.20. The highest BCUT2D eigenvalue weighted by Gasteiger charge is 2.37. The van der Waals surface area contributed by atoms with Crippen molar-refractivity contribution < 1.29 is 19.1 Å². The van der Waals surface area contributed by atoms with Crippen molar-refractivity contribution in [2.45, 2.75) is 27.2 Å². The third-order valence-corrected chi connectivity index (χ3v) is 3.06. The van der Waals surface area contributed by atoms with Gasteiger partial charge in [-0.1, -0.05) is 12.1 Å². The zero-order chi connectivity index (χ0) is 15.9. The molecule has 0 atom stereocenters. The molecular weight excluding hydrogens is 270 g/mol. The molecule has 5 nitrogen and oxygen atoms in total. The van der Waals surface area contributed by atoms with Crippen molar-refractivity contribution in [1.82, 2.24) is 0 Å². The number of carbonyl (C=O) groups is 2. The van der Waals surface area contributed by atoms with Gasteiger partial charge in [0.25, 0.3) is 0 Å². The maximum Gasteiger partial charge on any atom is 0.319 e. The van der Waals surface area contributed by atoms with Gasteiger partial charge < -0.3 is 9.47 Å². The van der Waals surface area contributed by atoms with Crippen molar-refractivity contribution >= 4 is 11.8 Å². The van der Waals surface area contributed by atoms with Crippen LogP contribution >= 0.6 is 0 Å². The summed E-state index contributed by atoms with van der Waals surface area (Å²) in [6.07, 6.45) is 0.328. The molecule has 1 aromatic rings. The lowest BCUT2D eigenvalue weighted by molar-refractivity contribution is -0.158. The molecule has 1 aromatic carbocycles. The van der Waals surface area contributed by atoms with E-state index in [9.17, 15) is 9.59 Å². The molecule has 0 saturated heterocycles. The maximum atomic E-state index is 12.1. The quantitative estimate of drug-likeness (QED) is 0.568. The molecule has 1 rings (SSSR count). The lowest BCUT2D eigenvalue weighted by Crippen LogP contribution is -2.38. The largest absolute Gasteiger partial charge is 0.486 e. The van der Waals surface area contributed by atoms with E-state index in [0.29, 0.717) is 12.2 Å². The number of benzene rings is 1. The van der Waals surface area contributed by atoms with Gasteiger partial charge in [-0.05, 0) is 38.5 Å². The summed E-state index contributed by atoms with van der Waals surface area (Å²) >= 11 is 0. The molecule has 112 valence electrons. The van der Waals surface area contributed by atoms with Gasteiger partial charge in [0, 0.05) is 0 Å². The third-order valence-electron chi connectivity index (χ3n) is 3.06. The highest BCUT2D eigenvalue weighted by molar-refractivity contribution is 6.03. The van der Waals surface area contributed by atoms with Gasteiger partial charge in [-0.3, -0.25) is 9.59 Å². The van der Waals surface area contributed by atoms with E-state index in [2.05, 4.69) is 6.07 Å². The van der Waals surface area contributed by atoms with Crippen LogP contribution < -0.4 is 4.74 Å². The number of hydrogen-bond donors (Lipinski definition) is 0. The van der Waals surface area contributed by atoms with Crippen LogP contribution in [0.1, 0.15) is 26.3 Å². The van der Waals surface area contributed by atoms with Gasteiger partial charge in [-0.25, -0.2) is 0 Å². The summed E-state index contributed by atoms with van der Waals surface area (Å²) in [7, 11) is 0. The van der Waals surface area contributed by atoms with E-state index < -0.39 is 11.4 Å². The third kappa shape index (κ3) is 4.60. The molecule has 0 bridgehead atoms. The van der Waals surface area contributed by atoms with Crippen LogP contribution in [0.2, 0.25) is 0 Å². The monoisotopic (exact) mass is 289 g/mol. The van der Waals surface area contributed by atoms with Crippen molar-refractivity contribution in [2.75, 3.05) is 13.2 Å². The molecule has 0 amide bonds. The summed E-state index contributed by atoms with van der Waals surface area (Å²) in [5, 5.41) is 8.58. The number of hydrogen-bond acceptors (Lipinski definition) is 5. The van der Waals surface area contributed by atoms with Crippen LogP contribution in [0.3, 0.4) is 0 Å². The fourth-order valence-electron chi connectivity index (χ4n) is 1.55. The number of ether oxygens (including phenoxy) is 2. The predicted molar refractivity (Wildman–Crippen MR) is 76.7 cm³/mol. The van der Waals surface area contributed by atoms with Crippen molar-refractivity contribution in [3.05, 3.63) is 29.8 Å². The van der Waals surface area contributed by atoms with E-state index in [1.165, 1.54) is 13.8 Å². The molecule has 0 saturated carbocycles. The summed E-state index contributed by atoms with van der Waals surface area (Å²) in [4.78, 5) is 23.8. The average Bonchev–Trinajstić information content (AvgIpc) is 2.46. The normalized spacial score (nSPS) is 10.6. The highest BCUT2D eigenvalue weighted by Crippen LogP contribution is 2.20. The first kappa shape index (κ1) is 16.7. The Labute approximate surface area is 124 Å². The van der Waals surface area contributed by atoms with Gasteiger partial charge in [0.05, 0.1) is 19.1 Å². The molecule has 0 aliphatic rings. The fourth-order valence-corrected chi connectivity index (χ4v) is 1.55. The van der Waals surface area contributed by atoms with Crippen LogP contribution in [-0.2, 0) is 20.7 Å². The zero-order valence-corrected chi connectivity index (χ0v) is 12.5. The molecule has 0 heterocycles. The molecule has 0 radical (unpaired) electrons. The topological polar surface area (TPSA) is 76.4 Å². The van der Waals surface area contributed by atoms with Crippen LogP contribution in [-0.4, -0.2) is 25.0 Å². The maximum absolute atomic E-state index is 12.1. The Morgan fingerprint density at radius 2 is 1.86 bits per heavy atom. The first-order valence-corrected chi connectivity index (χ1v) is 6.71. The molecule has 21 heavy (non-hydrogen) atoms. The Kier molecular flexibility index (Phi) is 5.92. The Balaban J connectivity index is 2.60. The van der Waals surface area contributed by atoms with Gasteiger partial charge in [0.15, 0.2) is 5.78 Å². The highest BCUT2D eigenvalue weighted by atomic mass is 16.5. The van der Waals surface area contributed by atoms with Crippen LogP contribution in [0.15, 0.2) is 24.3 Å². The second-order valence-corrected chi connectivity index (χ2v) is 5.04. The molecule has 0 aromatic heterocycles. The zero-order valence-electron chi connectivity index (χ0n) is 12.5. The first-order chi connectivity index (χ1) is 9.91.